The second-order valence-electron chi connectivity index (χ2n) is 5.33. The first kappa shape index (κ1) is 9.29. The molecule has 12 heavy (non-hydrogen) atoms. The molecule has 0 bridgehead atoms. The van der Waals surface area contributed by atoms with Crippen molar-refractivity contribution in [3.8, 4) is 0 Å². The van der Waals surface area contributed by atoms with Gasteiger partial charge in [0.2, 0.25) is 0 Å². The van der Waals surface area contributed by atoms with Crippen LogP contribution in [0.15, 0.2) is 0 Å². The van der Waals surface area contributed by atoms with Crippen LogP contribution < -0.4 is 0 Å². The molecular weight excluding hydrogens is 259 g/mol. The van der Waals surface area contributed by atoms with Crippen molar-refractivity contribution in [3.63, 3.8) is 0 Å². The fourth-order valence-corrected chi connectivity index (χ4v) is 5.14. The Morgan fingerprint density at radius 1 is 1.33 bits per heavy atom. The molecule has 0 amide bonds. The van der Waals surface area contributed by atoms with E-state index in [1.807, 2.05) is 0 Å². The van der Waals surface area contributed by atoms with Crippen molar-refractivity contribution in [1.82, 2.24) is 0 Å². The Labute approximate surface area is 89.6 Å². The number of rotatable bonds is 1. The summed E-state index contributed by atoms with van der Waals surface area (Å²) in [6.07, 6.45) is 4.51. The fourth-order valence-electron chi connectivity index (χ4n) is 3.57. The quantitative estimate of drug-likeness (QED) is 0.504. The Hall–Kier alpha value is 0.730. The molecule has 0 aliphatic heterocycles. The van der Waals surface area contributed by atoms with Crippen LogP contribution in [0.5, 0.6) is 0 Å². The Bertz CT molecular complexity index is 187. The third kappa shape index (κ3) is 1.15. The molecule has 0 radical (unpaired) electrons. The maximum absolute atomic E-state index is 2.65. The first-order chi connectivity index (χ1) is 5.54. The average molecular weight is 278 g/mol. The highest BCUT2D eigenvalue weighted by Crippen LogP contribution is 2.64. The molecule has 2 aliphatic carbocycles. The van der Waals surface area contributed by atoms with E-state index in [0.717, 1.165) is 27.1 Å². The minimum absolute atomic E-state index is 0.736. The lowest BCUT2D eigenvalue weighted by Crippen LogP contribution is -2.45. The van der Waals surface area contributed by atoms with Gasteiger partial charge in [0.1, 0.15) is 0 Å². The van der Waals surface area contributed by atoms with Crippen molar-refractivity contribution < 1.29 is 0 Å². The highest BCUT2D eigenvalue weighted by molar-refractivity contribution is 14.1. The topological polar surface area (TPSA) is 0 Å². The zero-order valence-corrected chi connectivity index (χ0v) is 10.5. The predicted octanol–water partition coefficient (Wildman–Crippen LogP) is 3.88. The summed E-state index contributed by atoms with van der Waals surface area (Å²) < 4.78 is 0.973. The summed E-state index contributed by atoms with van der Waals surface area (Å²) in [6.45, 7) is 7.32. The van der Waals surface area contributed by atoms with Crippen LogP contribution in [0.2, 0.25) is 0 Å². The number of hydrogen-bond donors (Lipinski definition) is 0. The molecule has 0 nitrogen and oxygen atoms in total. The van der Waals surface area contributed by atoms with E-state index in [4.69, 9.17) is 0 Å². The van der Waals surface area contributed by atoms with E-state index in [0.29, 0.717) is 0 Å². The number of fused-ring (bicyclic) bond motifs is 1. The molecule has 70 valence electrons. The molecule has 2 saturated carbocycles. The van der Waals surface area contributed by atoms with Gasteiger partial charge in [-0.1, -0.05) is 43.4 Å². The highest BCUT2D eigenvalue weighted by atomic mass is 127. The number of halogens is 1. The number of alkyl halides is 1. The second-order valence-corrected chi connectivity index (χ2v) is 7.09. The largest absolute Gasteiger partial charge is 0.0826 e. The zero-order chi connectivity index (χ0) is 8.93. The van der Waals surface area contributed by atoms with Crippen LogP contribution in [-0.2, 0) is 0 Å². The van der Waals surface area contributed by atoms with Crippen molar-refractivity contribution in [2.45, 2.75) is 44.0 Å². The van der Waals surface area contributed by atoms with Gasteiger partial charge in [0, 0.05) is 3.92 Å². The molecule has 0 aromatic carbocycles. The Balaban J connectivity index is 2.09. The molecule has 1 heteroatoms. The summed E-state index contributed by atoms with van der Waals surface area (Å²) in [6, 6.07) is 0. The molecule has 0 aromatic heterocycles. The second kappa shape index (κ2) is 2.86. The molecule has 0 aromatic rings. The van der Waals surface area contributed by atoms with E-state index in [9.17, 15) is 0 Å². The van der Waals surface area contributed by atoms with Gasteiger partial charge >= 0.3 is 0 Å². The SMILES string of the molecule is CC(C)C1CC2CC(I)CC21C. The average Bonchev–Trinajstić information content (AvgIpc) is 2.13. The monoisotopic (exact) mass is 278 g/mol. The van der Waals surface area contributed by atoms with Gasteiger partial charge in [-0.15, -0.1) is 0 Å². The molecule has 4 atom stereocenters. The summed E-state index contributed by atoms with van der Waals surface area (Å²) in [5, 5.41) is 0. The highest BCUT2D eigenvalue weighted by Gasteiger charge is 2.56. The predicted molar refractivity (Wildman–Crippen MR) is 61.6 cm³/mol. The molecule has 0 spiro atoms. The molecule has 2 aliphatic rings. The Morgan fingerprint density at radius 2 is 2.00 bits per heavy atom. The lowest BCUT2D eigenvalue weighted by molar-refractivity contribution is -0.0384. The summed E-state index contributed by atoms with van der Waals surface area (Å²) in [7, 11) is 0. The zero-order valence-electron chi connectivity index (χ0n) is 8.31. The van der Waals surface area contributed by atoms with Crippen molar-refractivity contribution >= 4 is 22.6 Å². The lowest BCUT2D eigenvalue weighted by atomic mass is 9.52. The van der Waals surface area contributed by atoms with Gasteiger partial charge in [-0.05, 0) is 42.4 Å². The van der Waals surface area contributed by atoms with Crippen LogP contribution >= 0.6 is 22.6 Å². The van der Waals surface area contributed by atoms with Crippen LogP contribution in [0.4, 0.5) is 0 Å². The van der Waals surface area contributed by atoms with Crippen LogP contribution in [0.1, 0.15) is 40.0 Å². The lowest BCUT2D eigenvalue weighted by Gasteiger charge is -2.53. The molecule has 0 heterocycles. The van der Waals surface area contributed by atoms with Gasteiger partial charge in [0.05, 0.1) is 0 Å². The standard InChI is InChI=1S/C11H19I/c1-7(2)10-5-8-4-9(12)6-11(8,10)3/h7-10H,4-6H2,1-3H3. The third-order valence-electron chi connectivity index (χ3n) is 4.32. The van der Waals surface area contributed by atoms with Gasteiger partial charge in [-0.25, -0.2) is 0 Å². The van der Waals surface area contributed by atoms with Gasteiger partial charge in [0.15, 0.2) is 0 Å². The van der Waals surface area contributed by atoms with E-state index in [-0.39, 0.29) is 0 Å². The van der Waals surface area contributed by atoms with E-state index in [2.05, 4.69) is 43.4 Å². The summed E-state index contributed by atoms with van der Waals surface area (Å²) in [4.78, 5) is 0. The maximum atomic E-state index is 2.65. The molecular formula is C11H19I. The summed E-state index contributed by atoms with van der Waals surface area (Å²) in [5.74, 6) is 3.02. The molecule has 0 N–H and O–H groups in total. The van der Waals surface area contributed by atoms with Gasteiger partial charge in [0.25, 0.3) is 0 Å². The maximum Gasteiger partial charge on any atom is 0.0118 e. The normalized spacial score (nSPS) is 52.2. The smallest absolute Gasteiger partial charge is 0.0118 e. The van der Waals surface area contributed by atoms with Crippen LogP contribution in [0.3, 0.4) is 0 Å². The van der Waals surface area contributed by atoms with E-state index >= 15 is 0 Å². The van der Waals surface area contributed by atoms with Crippen LogP contribution in [0.25, 0.3) is 0 Å². The van der Waals surface area contributed by atoms with E-state index < -0.39 is 0 Å². The Kier molecular flexibility index (Phi) is 2.21. The summed E-state index contributed by atoms with van der Waals surface area (Å²) >= 11 is 2.65. The van der Waals surface area contributed by atoms with Crippen molar-refractivity contribution in [2.24, 2.45) is 23.2 Å². The molecule has 0 saturated heterocycles. The van der Waals surface area contributed by atoms with Crippen molar-refractivity contribution in [3.05, 3.63) is 0 Å². The first-order valence-corrected chi connectivity index (χ1v) is 6.42. The minimum atomic E-state index is 0.736. The third-order valence-corrected chi connectivity index (χ3v) is 5.27. The number of hydrogen-bond acceptors (Lipinski definition) is 0. The Morgan fingerprint density at radius 3 is 2.50 bits per heavy atom. The van der Waals surface area contributed by atoms with Crippen LogP contribution in [-0.4, -0.2) is 3.92 Å². The van der Waals surface area contributed by atoms with Gasteiger partial charge < -0.3 is 0 Å². The minimum Gasteiger partial charge on any atom is -0.0826 e. The summed E-state index contributed by atoms with van der Waals surface area (Å²) in [5.41, 5.74) is 0.736. The van der Waals surface area contributed by atoms with Crippen LogP contribution in [0, 0.1) is 23.2 Å². The molecule has 2 rings (SSSR count). The van der Waals surface area contributed by atoms with E-state index in [1.54, 1.807) is 0 Å². The van der Waals surface area contributed by atoms with Crippen molar-refractivity contribution in [2.75, 3.05) is 0 Å². The molecule has 2 fully saturated rings. The molecule has 4 unspecified atom stereocenters. The van der Waals surface area contributed by atoms with E-state index in [1.165, 1.54) is 19.3 Å². The van der Waals surface area contributed by atoms with Gasteiger partial charge in [-0.2, -0.15) is 0 Å². The fraction of sp³-hybridized carbons (Fsp3) is 1.00. The van der Waals surface area contributed by atoms with Gasteiger partial charge in [-0.3, -0.25) is 0 Å². The first-order valence-electron chi connectivity index (χ1n) is 5.18. The van der Waals surface area contributed by atoms with Crippen molar-refractivity contribution in [1.29, 1.82) is 0 Å².